The summed E-state index contributed by atoms with van der Waals surface area (Å²) in [4.78, 5) is 0. The van der Waals surface area contributed by atoms with Crippen molar-refractivity contribution in [3.63, 3.8) is 0 Å². The van der Waals surface area contributed by atoms with E-state index in [0.29, 0.717) is 11.4 Å². The van der Waals surface area contributed by atoms with E-state index >= 15 is 0 Å². The van der Waals surface area contributed by atoms with Gasteiger partial charge in [-0.15, -0.1) is 34.2 Å². The first-order valence-corrected chi connectivity index (χ1v) is 20.7. The number of nitriles is 1. The van der Waals surface area contributed by atoms with Crippen molar-refractivity contribution in [2.75, 3.05) is 0 Å². The zero-order chi connectivity index (χ0) is 45.3. The van der Waals surface area contributed by atoms with Gasteiger partial charge < -0.3 is 31.4 Å². The normalized spacial score (nSPS) is 11.0. The Morgan fingerprint density at radius 3 is 0.967 bits per heavy atom. The Kier molecular flexibility index (Phi) is 22.6. The van der Waals surface area contributed by atoms with Crippen molar-refractivity contribution in [2.45, 2.75) is 112 Å². The fourth-order valence-corrected chi connectivity index (χ4v) is 6.36. The second kappa shape index (κ2) is 23.9. The van der Waals surface area contributed by atoms with Gasteiger partial charge in [-0.2, -0.15) is 5.26 Å². The third kappa shape index (κ3) is 16.7. The minimum Gasteiger partial charge on any atom is -2.00 e. The third-order valence-electron chi connectivity index (χ3n) is 8.67. The molecule has 0 aliphatic heterocycles. The molecule has 5 aromatic rings. The van der Waals surface area contributed by atoms with Gasteiger partial charge in [0.15, 0.2) is 0 Å². The maximum Gasteiger partial charge on any atom is 0.0808 e. The smallest absolute Gasteiger partial charge is 0.0808 e. The van der Waals surface area contributed by atoms with E-state index in [1.165, 1.54) is 6.92 Å². The van der Waals surface area contributed by atoms with E-state index in [9.17, 15) is 15.3 Å². The zero-order valence-corrected chi connectivity index (χ0v) is 43.3. The summed E-state index contributed by atoms with van der Waals surface area (Å²) >= 11 is 27.7. The van der Waals surface area contributed by atoms with Crippen LogP contribution in [0.2, 0.25) is 25.1 Å². The molecule has 61 heavy (non-hydrogen) atoms. The van der Waals surface area contributed by atoms with E-state index in [4.69, 9.17) is 63.3 Å². The molecule has 0 atom stereocenters. The van der Waals surface area contributed by atoms with Gasteiger partial charge in [0.2, 0.25) is 0 Å². The summed E-state index contributed by atoms with van der Waals surface area (Å²) < 4.78 is 0. The average Bonchev–Trinajstić information content (AvgIpc) is 3.14. The molecule has 1 radical (unpaired) electrons. The zero-order valence-electron chi connectivity index (χ0n) is 36.8. The van der Waals surface area contributed by atoms with Gasteiger partial charge in [0, 0.05) is 27.3 Å². The summed E-state index contributed by atoms with van der Waals surface area (Å²) in [5.74, 6) is -0.550. The molecule has 333 valence electrons. The fourth-order valence-electron chi connectivity index (χ4n) is 5.24. The van der Waals surface area contributed by atoms with Crippen LogP contribution in [0.3, 0.4) is 0 Å². The van der Waals surface area contributed by atoms with E-state index in [1.54, 1.807) is 6.07 Å². The molecule has 0 aliphatic carbocycles. The summed E-state index contributed by atoms with van der Waals surface area (Å²) in [5, 5.41) is 52.6. The van der Waals surface area contributed by atoms with Crippen LogP contribution in [0.15, 0.2) is 84.9 Å². The summed E-state index contributed by atoms with van der Waals surface area (Å²) in [6.07, 6.45) is 0. The van der Waals surface area contributed by atoms with Crippen LogP contribution in [-0.4, -0.2) is 0 Å². The Morgan fingerprint density at radius 1 is 0.459 bits per heavy atom. The molecule has 0 heterocycles. The van der Waals surface area contributed by atoms with Gasteiger partial charge in [0.1, 0.15) is 0 Å². The van der Waals surface area contributed by atoms with E-state index < -0.39 is 5.75 Å². The first-order valence-electron chi connectivity index (χ1n) is 18.8. The molecule has 0 fully saturated rings. The van der Waals surface area contributed by atoms with Crippen LogP contribution < -0.4 is 15.3 Å². The van der Waals surface area contributed by atoms with Gasteiger partial charge in [-0.05, 0) is 32.8 Å². The topological polar surface area (TPSA) is 150 Å². The van der Waals surface area contributed by atoms with Crippen molar-refractivity contribution in [1.82, 2.24) is 0 Å². The van der Waals surface area contributed by atoms with E-state index in [-0.39, 0.29) is 84.2 Å². The molecule has 5 rings (SSSR count). The molecule has 0 unspecified atom stereocenters. The number of hydrogen-bond donors (Lipinski definition) is 0. The quantitative estimate of drug-likeness (QED) is 0.130. The second-order valence-electron chi connectivity index (χ2n) is 17.8. The van der Waals surface area contributed by atoms with Gasteiger partial charge in [-0.1, -0.05) is 243 Å². The number of nitrogens with zero attached hydrogens (tertiary/aromatic N) is 3. The van der Waals surface area contributed by atoms with Crippen molar-refractivity contribution in [3.05, 3.63) is 143 Å². The molecule has 0 saturated carbocycles. The van der Waals surface area contributed by atoms with E-state index in [0.717, 1.165) is 33.6 Å². The van der Waals surface area contributed by atoms with Crippen LogP contribution in [-0.2, 0) is 47.6 Å². The van der Waals surface area contributed by atoms with Crippen molar-refractivity contribution in [1.29, 1.82) is 5.26 Å². The van der Waals surface area contributed by atoms with Crippen LogP contribution in [0.5, 0.6) is 17.2 Å². The monoisotopic (exact) mass is 1100 g/mol. The van der Waals surface area contributed by atoms with Crippen molar-refractivity contribution < 1.29 is 41.2 Å². The SMILES string of the molecule is CC#N.CC(C)(C)c1cc([N-]c2ccccc2)c([O-])c(C(C)(C)C)c1.CC(C)(C)c1cc([N-]c2ccccc2)c([O-])c(C(C)(C)C)c1.[O-2].[O-]c1c(Cl)c(Cl)c(Cl)c(Cl)c1Cl.[Re]. The molecule has 0 bridgehead atoms. The molecular formula is C48H53Cl5N3O4Re-7. The maximum atomic E-state index is 12.8. The molecule has 0 amide bonds. The van der Waals surface area contributed by atoms with Crippen LogP contribution in [0.1, 0.15) is 112 Å². The Bertz CT molecular complexity index is 2000. The maximum absolute atomic E-state index is 12.8. The third-order valence-corrected chi connectivity index (χ3v) is 10.9. The molecule has 0 aromatic heterocycles. The van der Waals surface area contributed by atoms with Crippen LogP contribution in [0.4, 0.5) is 22.7 Å². The predicted molar refractivity (Wildman–Crippen MR) is 248 cm³/mol. The van der Waals surface area contributed by atoms with Gasteiger partial charge in [0.25, 0.3) is 0 Å². The Balaban J connectivity index is 0.000000875. The summed E-state index contributed by atoms with van der Waals surface area (Å²) in [6, 6.07) is 29.0. The molecule has 0 saturated heterocycles. The summed E-state index contributed by atoms with van der Waals surface area (Å²) in [7, 11) is 0. The molecular weight excluding hydrogens is 1050 g/mol. The van der Waals surface area contributed by atoms with Gasteiger partial charge in [-0.25, -0.2) is 0 Å². The Labute approximate surface area is 402 Å². The largest absolute Gasteiger partial charge is 2.00 e. The average molecular weight is 1100 g/mol. The predicted octanol–water partition coefficient (Wildman–Crippen LogP) is 15.8. The number of para-hydroxylation sites is 2. The molecule has 0 N–H and O–H groups in total. The molecule has 13 heteroatoms. The van der Waals surface area contributed by atoms with Crippen LogP contribution in [0.25, 0.3) is 10.6 Å². The summed E-state index contributed by atoms with van der Waals surface area (Å²) in [6.45, 7) is 26.8. The second-order valence-corrected chi connectivity index (χ2v) is 19.7. The van der Waals surface area contributed by atoms with Crippen molar-refractivity contribution in [3.8, 4) is 23.3 Å². The summed E-state index contributed by atoms with van der Waals surface area (Å²) in [5.41, 5.74) is 6.20. The van der Waals surface area contributed by atoms with Crippen LogP contribution in [0, 0.1) is 11.3 Å². The number of halogens is 5. The van der Waals surface area contributed by atoms with Crippen LogP contribution >= 0.6 is 58.0 Å². The van der Waals surface area contributed by atoms with Gasteiger partial charge >= 0.3 is 0 Å². The molecule has 0 spiro atoms. The number of hydrogen-bond acceptors (Lipinski definition) is 4. The fraction of sp³-hybridized carbons (Fsp3) is 0.354. The van der Waals surface area contributed by atoms with Gasteiger partial charge in [0.05, 0.1) is 31.2 Å². The number of rotatable bonds is 4. The molecule has 5 aromatic carbocycles. The van der Waals surface area contributed by atoms with Crippen molar-refractivity contribution >= 4 is 80.8 Å². The van der Waals surface area contributed by atoms with E-state index in [2.05, 4.69) is 93.7 Å². The van der Waals surface area contributed by atoms with Gasteiger partial charge in [-0.3, -0.25) is 0 Å². The first kappa shape index (κ1) is 57.7. The molecule has 7 nitrogen and oxygen atoms in total. The van der Waals surface area contributed by atoms with E-state index in [1.807, 2.05) is 84.9 Å². The Hall–Kier alpha value is -3.34. The van der Waals surface area contributed by atoms with Crippen molar-refractivity contribution in [2.24, 2.45) is 0 Å². The molecule has 0 aliphatic rings. The minimum absolute atomic E-state index is 0. The minimum atomic E-state index is -0.613. The standard InChI is InChI=1S/2C20H26NO.C6HCl5O.C2H3N.O.Re/c2*1-19(2,3)14-12-16(20(4,5)6)18(22)17(13-14)21-15-10-8-7-9-11-15;7-1-2(8)4(10)6(12)5(11)3(1)9;1-2-3;;/h2*7-13,22H,1-6H3;12H;1H3;;/q2*-1;;;-2;/p-3. The Morgan fingerprint density at radius 2 is 0.721 bits per heavy atom. The first-order chi connectivity index (χ1) is 27.1. The number of benzene rings is 5.